The first-order valence-corrected chi connectivity index (χ1v) is 9.40. The zero-order valence-electron chi connectivity index (χ0n) is 15.7. The Bertz CT molecular complexity index is 618. The van der Waals surface area contributed by atoms with E-state index in [1.54, 1.807) is 0 Å². The number of hydrogen-bond donors (Lipinski definition) is 3. The normalized spacial score (nSPS) is 21.2. The molecule has 1 aromatic rings. The lowest BCUT2D eigenvalue weighted by atomic mass is 9.87. The van der Waals surface area contributed by atoms with Crippen molar-refractivity contribution >= 4 is 11.9 Å². The number of ether oxygens (including phenoxy) is 1. The van der Waals surface area contributed by atoms with Gasteiger partial charge in [0, 0.05) is 0 Å². The fourth-order valence-corrected chi connectivity index (χ4v) is 3.57. The molecule has 0 bridgehead atoms. The van der Waals surface area contributed by atoms with Crippen molar-refractivity contribution in [2.24, 2.45) is 28.3 Å². The first-order valence-electron chi connectivity index (χ1n) is 9.40. The number of aliphatic carboxylic acids is 1. The molecule has 1 aliphatic rings. The molecule has 1 unspecified atom stereocenters. The van der Waals surface area contributed by atoms with Gasteiger partial charge >= 0.3 is 5.97 Å². The Hall–Kier alpha value is -2.24. The van der Waals surface area contributed by atoms with Gasteiger partial charge in [-0.05, 0) is 62.1 Å². The third kappa shape index (κ3) is 6.58. The van der Waals surface area contributed by atoms with Crippen molar-refractivity contribution in [2.75, 3.05) is 0 Å². The van der Waals surface area contributed by atoms with E-state index < -0.39 is 5.97 Å². The van der Waals surface area contributed by atoms with E-state index in [1.807, 2.05) is 18.2 Å². The number of hydrogen-bond acceptors (Lipinski definition) is 3. The minimum absolute atomic E-state index is 0.0567. The van der Waals surface area contributed by atoms with Crippen LogP contribution < -0.4 is 16.2 Å². The predicted octanol–water partition coefficient (Wildman–Crippen LogP) is 2.94. The van der Waals surface area contributed by atoms with Crippen LogP contribution in [-0.2, 0) is 11.2 Å². The van der Waals surface area contributed by atoms with Crippen molar-refractivity contribution < 1.29 is 14.6 Å². The molecule has 26 heavy (non-hydrogen) atoms. The first-order chi connectivity index (χ1) is 12.3. The largest absolute Gasteiger partial charge is 0.490 e. The quantitative estimate of drug-likeness (QED) is 0.487. The topological polar surface area (TPSA) is 111 Å². The Morgan fingerprint density at radius 1 is 1.27 bits per heavy atom. The van der Waals surface area contributed by atoms with Crippen molar-refractivity contribution in [1.29, 1.82) is 0 Å². The second kappa shape index (κ2) is 9.46. The Kier molecular flexibility index (Phi) is 7.30. The highest BCUT2D eigenvalue weighted by molar-refractivity contribution is 5.75. The molecule has 0 saturated heterocycles. The van der Waals surface area contributed by atoms with Crippen molar-refractivity contribution in [1.82, 2.24) is 0 Å². The van der Waals surface area contributed by atoms with Gasteiger partial charge in [0.25, 0.3) is 0 Å². The van der Waals surface area contributed by atoms with Crippen LogP contribution in [0.2, 0.25) is 0 Å². The molecule has 1 fully saturated rings. The fraction of sp³-hybridized carbons (Fsp3) is 0.600. The van der Waals surface area contributed by atoms with Crippen molar-refractivity contribution in [2.45, 2.75) is 64.5 Å². The summed E-state index contributed by atoms with van der Waals surface area (Å²) >= 11 is 0. The molecule has 0 heterocycles. The van der Waals surface area contributed by atoms with Gasteiger partial charge in [0.15, 0.2) is 5.96 Å². The number of aliphatic imine (C=N–C) groups is 1. The third-order valence-electron chi connectivity index (χ3n) is 4.77. The maximum Gasteiger partial charge on any atom is 0.306 e. The van der Waals surface area contributed by atoms with E-state index >= 15 is 0 Å². The van der Waals surface area contributed by atoms with E-state index in [0.29, 0.717) is 18.8 Å². The van der Waals surface area contributed by atoms with Gasteiger partial charge in [-0.15, -0.1) is 0 Å². The van der Waals surface area contributed by atoms with Gasteiger partial charge in [-0.2, -0.15) is 0 Å². The van der Waals surface area contributed by atoms with E-state index in [4.69, 9.17) is 21.3 Å². The van der Waals surface area contributed by atoms with Crippen LogP contribution in [0.15, 0.2) is 29.3 Å². The summed E-state index contributed by atoms with van der Waals surface area (Å²) in [4.78, 5) is 15.4. The molecule has 2 rings (SSSR count). The summed E-state index contributed by atoms with van der Waals surface area (Å²) in [5.41, 5.74) is 12.3. The summed E-state index contributed by atoms with van der Waals surface area (Å²) in [6, 6.07) is 8.09. The minimum atomic E-state index is -0.693. The van der Waals surface area contributed by atoms with E-state index in [1.165, 1.54) is 0 Å². The molecule has 1 aliphatic carbocycles. The molecule has 0 spiro atoms. The average Bonchev–Trinajstić information content (AvgIpc) is 2.54. The molecule has 0 radical (unpaired) electrons. The fourth-order valence-electron chi connectivity index (χ4n) is 3.57. The highest BCUT2D eigenvalue weighted by atomic mass is 16.5. The molecule has 1 atom stereocenters. The summed E-state index contributed by atoms with van der Waals surface area (Å²) in [5.74, 6) is 0.540. The molecule has 0 aromatic heterocycles. The summed E-state index contributed by atoms with van der Waals surface area (Å²) < 4.78 is 6.09. The van der Waals surface area contributed by atoms with E-state index in [0.717, 1.165) is 37.0 Å². The number of rotatable bonds is 8. The molecule has 0 aliphatic heterocycles. The Morgan fingerprint density at radius 2 is 1.96 bits per heavy atom. The summed E-state index contributed by atoms with van der Waals surface area (Å²) in [7, 11) is 0. The van der Waals surface area contributed by atoms with Crippen LogP contribution in [0.3, 0.4) is 0 Å². The smallest absolute Gasteiger partial charge is 0.306 e. The van der Waals surface area contributed by atoms with E-state index in [2.05, 4.69) is 24.9 Å². The number of nitrogens with zero attached hydrogens (tertiary/aromatic N) is 1. The first kappa shape index (κ1) is 20.1. The number of nitrogens with two attached hydrogens (primary N) is 2. The molecular weight excluding hydrogens is 330 g/mol. The van der Waals surface area contributed by atoms with Crippen molar-refractivity contribution in [3.8, 4) is 5.75 Å². The van der Waals surface area contributed by atoms with Crippen LogP contribution in [0.5, 0.6) is 5.75 Å². The third-order valence-corrected chi connectivity index (χ3v) is 4.77. The van der Waals surface area contributed by atoms with Crippen LogP contribution in [0.25, 0.3) is 0 Å². The number of guanidine groups is 1. The summed E-state index contributed by atoms with van der Waals surface area (Å²) in [6.45, 7) is 4.31. The number of carboxylic acids is 1. The lowest BCUT2D eigenvalue weighted by Gasteiger charge is -2.27. The SMILES string of the molecule is CC(C)CC(Cc1cccc(OC2CCC(C(=O)O)CC2)c1)N=C(N)N. The Balaban J connectivity index is 1.96. The maximum absolute atomic E-state index is 11.1. The lowest BCUT2D eigenvalue weighted by Crippen LogP contribution is -2.28. The lowest BCUT2D eigenvalue weighted by molar-refractivity contribution is -0.143. The zero-order valence-corrected chi connectivity index (χ0v) is 15.7. The molecule has 1 saturated carbocycles. The second-order valence-corrected chi connectivity index (χ2v) is 7.62. The molecule has 6 heteroatoms. The van der Waals surface area contributed by atoms with Crippen LogP contribution >= 0.6 is 0 Å². The molecular formula is C20H31N3O3. The van der Waals surface area contributed by atoms with Gasteiger partial charge in [-0.25, -0.2) is 4.99 Å². The minimum Gasteiger partial charge on any atom is -0.490 e. The van der Waals surface area contributed by atoms with Gasteiger partial charge < -0.3 is 21.3 Å². The number of carbonyl (C=O) groups is 1. The number of carboxylic acid groups (broad SMARTS) is 1. The van der Waals surface area contributed by atoms with Crippen LogP contribution in [0.4, 0.5) is 0 Å². The summed E-state index contributed by atoms with van der Waals surface area (Å²) in [6.07, 6.45) is 4.70. The Labute approximate surface area is 155 Å². The van der Waals surface area contributed by atoms with E-state index in [-0.39, 0.29) is 24.0 Å². The highest BCUT2D eigenvalue weighted by Crippen LogP contribution is 2.28. The molecule has 6 nitrogen and oxygen atoms in total. The molecule has 1 aromatic carbocycles. The van der Waals surface area contributed by atoms with Crippen molar-refractivity contribution in [3.63, 3.8) is 0 Å². The van der Waals surface area contributed by atoms with Crippen LogP contribution in [0.1, 0.15) is 51.5 Å². The van der Waals surface area contributed by atoms with Gasteiger partial charge in [-0.1, -0.05) is 26.0 Å². The maximum atomic E-state index is 11.1. The predicted molar refractivity (Wildman–Crippen MR) is 103 cm³/mol. The number of benzene rings is 1. The molecule has 0 amide bonds. The Morgan fingerprint density at radius 3 is 2.54 bits per heavy atom. The van der Waals surface area contributed by atoms with Crippen LogP contribution in [-0.4, -0.2) is 29.2 Å². The van der Waals surface area contributed by atoms with Gasteiger partial charge in [0.05, 0.1) is 18.1 Å². The van der Waals surface area contributed by atoms with E-state index in [9.17, 15) is 4.79 Å². The summed E-state index contributed by atoms with van der Waals surface area (Å²) in [5, 5.41) is 9.09. The van der Waals surface area contributed by atoms with Crippen LogP contribution in [0, 0.1) is 11.8 Å². The molecule has 144 valence electrons. The molecule has 5 N–H and O–H groups in total. The van der Waals surface area contributed by atoms with Gasteiger partial charge in [-0.3, -0.25) is 4.79 Å². The van der Waals surface area contributed by atoms with Gasteiger partial charge in [0.2, 0.25) is 0 Å². The average molecular weight is 361 g/mol. The standard InChI is InChI=1S/C20H31N3O3/c1-13(2)10-16(23-20(21)22)11-14-4-3-5-18(12-14)26-17-8-6-15(7-9-17)19(24)25/h3-5,12-13,15-17H,6-11H2,1-2H3,(H,24,25)(H4,21,22,23). The van der Waals surface area contributed by atoms with Gasteiger partial charge in [0.1, 0.15) is 5.75 Å². The van der Waals surface area contributed by atoms with Crippen molar-refractivity contribution in [3.05, 3.63) is 29.8 Å². The monoisotopic (exact) mass is 361 g/mol. The zero-order chi connectivity index (χ0) is 19.1. The highest BCUT2D eigenvalue weighted by Gasteiger charge is 2.26. The second-order valence-electron chi connectivity index (χ2n) is 7.62.